The summed E-state index contributed by atoms with van der Waals surface area (Å²) in [6.45, 7) is 1.93. The van der Waals surface area contributed by atoms with E-state index in [1.54, 1.807) is 31.2 Å². The van der Waals surface area contributed by atoms with Gasteiger partial charge in [0, 0.05) is 5.02 Å². The van der Waals surface area contributed by atoms with Gasteiger partial charge in [-0.05, 0) is 30.7 Å². The second-order valence-corrected chi connectivity index (χ2v) is 3.53. The molecule has 0 aliphatic carbocycles. The lowest BCUT2D eigenvalue weighted by Gasteiger charge is -2.05. The maximum Gasteiger partial charge on any atom is 0.354 e. The number of hydrogen-bond donors (Lipinski definition) is 1. The highest BCUT2D eigenvalue weighted by Crippen LogP contribution is 2.13. The van der Waals surface area contributed by atoms with E-state index in [0.717, 1.165) is 0 Å². The lowest BCUT2D eigenvalue weighted by atomic mass is 10.2. The summed E-state index contributed by atoms with van der Waals surface area (Å²) in [5, 5.41) is 2.85. The number of rotatable bonds is 5. The molecule has 0 atom stereocenters. The normalized spacial score (nSPS) is 10.8. The summed E-state index contributed by atoms with van der Waals surface area (Å²) < 4.78 is 4.80. The molecule has 1 aromatic carbocycles. The van der Waals surface area contributed by atoms with Gasteiger partial charge in [0.05, 0.1) is 6.61 Å². The van der Waals surface area contributed by atoms with Crippen molar-refractivity contribution in [3.8, 4) is 0 Å². The lowest BCUT2D eigenvalue weighted by Crippen LogP contribution is -2.20. The van der Waals surface area contributed by atoms with Gasteiger partial charge in [0.15, 0.2) is 0 Å². The van der Waals surface area contributed by atoms with Gasteiger partial charge in [-0.25, -0.2) is 4.79 Å². The highest BCUT2D eigenvalue weighted by Gasteiger charge is 2.09. The molecule has 0 aliphatic heterocycles. The Kier molecular flexibility index (Phi) is 5.23. The van der Waals surface area contributed by atoms with Crippen LogP contribution in [-0.4, -0.2) is 19.0 Å². The maximum atomic E-state index is 11.5. The summed E-state index contributed by atoms with van der Waals surface area (Å²) in [4.78, 5) is 21.9. The van der Waals surface area contributed by atoms with Gasteiger partial charge >= 0.3 is 5.97 Å². The molecule has 1 N–H and O–H groups in total. The SMILES string of the molecule is CCOC(=O)C(=Cc1cccc(Cl)c1)NC=O. The number of benzene rings is 1. The van der Waals surface area contributed by atoms with Gasteiger partial charge < -0.3 is 10.1 Å². The molecule has 17 heavy (non-hydrogen) atoms. The van der Waals surface area contributed by atoms with Gasteiger partial charge in [-0.3, -0.25) is 4.79 Å². The number of carbonyl (C=O) groups excluding carboxylic acids is 2. The van der Waals surface area contributed by atoms with Crippen molar-refractivity contribution in [1.82, 2.24) is 5.32 Å². The summed E-state index contributed by atoms with van der Waals surface area (Å²) in [7, 11) is 0. The van der Waals surface area contributed by atoms with Crippen LogP contribution in [-0.2, 0) is 14.3 Å². The highest BCUT2D eigenvalue weighted by molar-refractivity contribution is 6.30. The third-order valence-electron chi connectivity index (χ3n) is 1.87. The Morgan fingerprint density at radius 3 is 2.88 bits per heavy atom. The van der Waals surface area contributed by atoms with Crippen molar-refractivity contribution in [2.24, 2.45) is 0 Å². The van der Waals surface area contributed by atoms with E-state index in [1.807, 2.05) is 0 Å². The zero-order valence-electron chi connectivity index (χ0n) is 9.27. The fourth-order valence-electron chi connectivity index (χ4n) is 1.19. The molecule has 5 heteroatoms. The van der Waals surface area contributed by atoms with Crippen molar-refractivity contribution in [3.63, 3.8) is 0 Å². The molecule has 0 heterocycles. The predicted octanol–water partition coefficient (Wildman–Crippen LogP) is 1.99. The monoisotopic (exact) mass is 253 g/mol. The van der Waals surface area contributed by atoms with E-state index in [1.165, 1.54) is 6.08 Å². The van der Waals surface area contributed by atoms with Crippen molar-refractivity contribution in [2.45, 2.75) is 6.92 Å². The molecular weight excluding hydrogens is 242 g/mol. The number of ether oxygens (including phenoxy) is 1. The largest absolute Gasteiger partial charge is 0.461 e. The van der Waals surface area contributed by atoms with Gasteiger partial charge in [-0.1, -0.05) is 23.7 Å². The van der Waals surface area contributed by atoms with Crippen LogP contribution in [0.4, 0.5) is 0 Å². The number of amides is 1. The second kappa shape index (κ2) is 6.70. The Morgan fingerprint density at radius 2 is 2.29 bits per heavy atom. The highest BCUT2D eigenvalue weighted by atomic mass is 35.5. The molecule has 0 unspecified atom stereocenters. The third-order valence-corrected chi connectivity index (χ3v) is 2.10. The van der Waals surface area contributed by atoms with Crippen LogP contribution in [0.1, 0.15) is 12.5 Å². The molecule has 0 fully saturated rings. The molecule has 0 aliphatic rings. The number of hydrogen-bond acceptors (Lipinski definition) is 3. The number of carbonyl (C=O) groups is 2. The summed E-state index contributed by atoms with van der Waals surface area (Å²) >= 11 is 5.81. The summed E-state index contributed by atoms with van der Waals surface area (Å²) in [6.07, 6.45) is 1.92. The van der Waals surface area contributed by atoms with Crippen LogP contribution in [0.2, 0.25) is 5.02 Å². The molecule has 1 amide bonds. The predicted molar refractivity (Wildman–Crippen MR) is 65.3 cm³/mol. The molecule has 1 aromatic rings. The average molecular weight is 254 g/mol. The first kappa shape index (κ1) is 13.3. The molecule has 4 nitrogen and oxygen atoms in total. The number of esters is 1. The summed E-state index contributed by atoms with van der Waals surface area (Å²) in [6, 6.07) is 6.90. The van der Waals surface area contributed by atoms with Crippen LogP contribution in [0.25, 0.3) is 6.08 Å². The Labute approximate surface area is 104 Å². The van der Waals surface area contributed by atoms with E-state index in [0.29, 0.717) is 17.0 Å². The molecule has 0 radical (unpaired) electrons. The zero-order chi connectivity index (χ0) is 12.7. The van der Waals surface area contributed by atoms with E-state index in [-0.39, 0.29) is 12.3 Å². The van der Waals surface area contributed by atoms with Crippen molar-refractivity contribution in [2.75, 3.05) is 6.61 Å². The Morgan fingerprint density at radius 1 is 1.53 bits per heavy atom. The van der Waals surface area contributed by atoms with Crippen molar-refractivity contribution in [1.29, 1.82) is 0 Å². The lowest BCUT2D eigenvalue weighted by molar-refractivity contribution is -0.139. The van der Waals surface area contributed by atoms with Gasteiger partial charge in [0.25, 0.3) is 0 Å². The molecule has 0 aromatic heterocycles. The van der Waals surface area contributed by atoms with Crippen LogP contribution < -0.4 is 5.32 Å². The van der Waals surface area contributed by atoms with E-state index < -0.39 is 5.97 Å². The average Bonchev–Trinajstić information content (AvgIpc) is 2.29. The minimum Gasteiger partial charge on any atom is -0.461 e. The van der Waals surface area contributed by atoms with E-state index >= 15 is 0 Å². The molecule has 0 spiro atoms. The first-order valence-corrected chi connectivity index (χ1v) is 5.39. The first-order chi connectivity index (χ1) is 8.17. The topological polar surface area (TPSA) is 55.4 Å². The number of halogens is 1. The summed E-state index contributed by atoms with van der Waals surface area (Å²) in [5.41, 5.74) is 0.777. The maximum absolute atomic E-state index is 11.5. The van der Waals surface area contributed by atoms with Crippen molar-refractivity contribution < 1.29 is 14.3 Å². The van der Waals surface area contributed by atoms with Crippen LogP contribution in [0.15, 0.2) is 30.0 Å². The minimum atomic E-state index is -0.584. The van der Waals surface area contributed by atoms with Crippen LogP contribution >= 0.6 is 11.6 Å². The van der Waals surface area contributed by atoms with Gasteiger partial charge in [-0.2, -0.15) is 0 Å². The molecule has 90 valence electrons. The Bertz CT molecular complexity index is 443. The first-order valence-electron chi connectivity index (χ1n) is 5.02. The molecule has 0 saturated carbocycles. The minimum absolute atomic E-state index is 0.0733. The standard InChI is InChI=1S/C12H12ClNO3/c1-2-17-12(16)11(14-8-15)7-9-4-3-5-10(13)6-9/h3-8H,2H2,1H3,(H,14,15). The zero-order valence-corrected chi connectivity index (χ0v) is 10.0. The van der Waals surface area contributed by atoms with Crippen LogP contribution in [0.3, 0.4) is 0 Å². The number of nitrogens with one attached hydrogen (secondary N) is 1. The summed E-state index contributed by atoms with van der Waals surface area (Å²) in [5.74, 6) is -0.584. The fraction of sp³-hybridized carbons (Fsp3) is 0.167. The van der Waals surface area contributed by atoms with Crippen LogP contribution in [0, 0.1) is 0 Å². The van der Waals surface area contributed by atoms with E-state index in [9.17, 15) is 9.59 Å². The molecule has 1 rings (SSSR count). The molecule has 0 saturated heterocycles. The second-order valence-electron chi connectivity index (χ2n) is 3.10. The fourth-order valence-corrected chi connectivity index (χ4v) is 1.39. The Hall–Kier alpha value is -1.81. The quantitative estimate of drug-likeness (QED) is 0.496. The van der Waals surface area contributed by atoms with Gasteiger partial charge in [0.2, 0.25) is 6.41 Å². The van der Waals surface area contributed by atoms with Crippen molar-refractivity contribution in [3.05, 3.63) is 40.5 Å². The van der Waals surface area contributed by atoms with Gasteiger partial charge in [0.1, 0.15) is 5.70 Å². The Balaban J connectivity index is 2.96. The smallest absolute Gasteiger partial charge is 0.354 e. The molecular formula is C12H12ClNO3. The van der Waals surface area contributed by atoms with E-state index in [2.05, 4.69) is 5.32 Å². The van der Waals surface area contributed by atoms with Crippen molar-refractivity contribution >= 4 is 30.1 Å². The molecule has 0 bridgehead atoms. The van der Waals surface area contributed by atoms with E-state index in [4.69, 9.17) is 16.3 Å². The third kappa shape index (κ3) is 4.28. The van der Waals surface area contributed by atoms with Crippen LogP contribution in [0.5, 0.6) is 0 Å². The van der Waals surface area contributed by atoms with Gasteiger partial charge in [-0.15, -0.1) is 0 Å².